The number of nitrogens with zero attached hydrogens (tertiary/aromatic N) is 2. The first-order valence-electron chi connectivity index (χ1n) is 13.2. The van der Waals surface area contributed by atoms with Gasteiger partial charge in [-0.25, -0.2) is 19.6 Å². The molecule has 0 fully saturated rings. The molecule has 0 saturated heterocycles. The molecule has 0 aromatic heterocycles. The van der Waals surface area contributed by atoms with Crippen LogP contribution in [0.15, 0.2) is 84.9 Å². The van der Waals surface area contributed by atoms with Crippen LogP contribution in [-0.2, 0) is 23.3 Å². The maximum atomic E-state index is 13.7. The van der Waals surface area contributed by atoms with E-state index in [9.17, 15) is 24.9 Å². The number of aromatic hydroxyl groups is 2. The molecule has 2 aliphatic rings. The maximum absolute atomic E-state index is 13.7. The summed E-state index contributed by atoms with van der Waals surface area (Å²) in [5.41, 5.74) is 2.16. The maximum Gasteiger partial charge on any atom is 0.422 e. The first-order valence-corrected chi connectivity index (χ1v) is 13.2. The highest BCUT2D eigenvalue weighted by atomic mass is 16.6. The summed E-state index contributed by atoms with van der Waals surface area (Å²) in [7, 11) is 1.68. The Morgan fingerprint density at radius 3 is 2.12 bits per heavy atom. The van der Waals surface area contributed by atoms with Gasteiger partial charge in [-0.15, -0.1) is 0 Å². The molecule has 0 aliphatic carbocycles. The van der Waals surface area contributed by atoms with Crippen molar-refractivity contribution in [3.05, 3.63) is 118 Å². The molecule has 1 spiro atoms. The number of carboxylic acid groups (broad SMARTS) is 1. The number of benzene rings is 4. The highest BCUT2D eigenvalue weighted by molar-refractivity contribution is 5.98. The van der Waals surface area contributed by atoms with E-state index in [1.165, 1.54) is 29.3 Å². The molecule has 9 nitrogen and oxygen atoms in total. The normalized spacial score (nSPS) is 15.0. The van der Waals surface area contributed by atoms with Gasteiger partial charge in [0.25, 0.3) is 0 Å². The van der Waals surface area contributed by atoms with Crippen LogP contribution >= 0.6 is 0 Å². The number of ether oxygens (including phenoxy) is 2. The molecule has 208 valence electrons. The molecule has 1 atom stereocenters. The lowest BCUT2D eigenvalue weighted by Gasteiger charge is -2.36. The Bertz CT molecular complexity index is 1620. The molecule has 2 heterocycles. The first kappa shape index (κ1) is 26.2. The number of hydrogen-bond donors (Lipinski definition) is 3. The minimum atomic E-state index is -1.39. The average Bonchev–Trinajstić information content (AvgIpc) is 3.22. The number of phenolic OH excluding ortho intramolecular Hbond substituents is 2. The molecule has 4 aromatic rings. The molecule has 0 radical (unpaired) electrons. The van der Waals surface area contributed by atoms with Gasteiger partial charge in [0.2, 0.25) is 0 Å². The Kier molecular flexibility index (Phi) is 6.31. The fourth-order valence-corrected chi connectivity index (χ4v) is 5.98. The molecule has 6 rings (SSSR count). The van der Waals surface area contributed by atoms with Crippen LogP contribution in [0, 0.1) is 0 Å². The van der Waals surface area contributed by atoms with Crippen molar-refractivity contribution in [1.82, 2.24) is 10.0 Å². The van der Waals surface area contributed by atoms with E-state index in [1.807, 2.05) is 37.3 Å². The van der Waals surface area contributed by atoms with Crippen LogP contribution in [-0.4, -0.2) is 50.5 Å². The van der Waals surface area contributed by atoms with Crippen molar-refractivity contribution >= 4 is 12.1 Å². The number of hydrogen-bond acceptors (Lipinski definition) is 7. The summed E-state index contributed by atoms with van der Waals surface area (Å²) in [6.45, 7) is 1.97. The lowest BCUT2D eigenvalue weighted by atomic mass is 9.77. The van der Waals surface area contributed by atoms with Crippen LogP contribution in [0.2, 0.25) is 0 Å². The summed E-state index contributed by atoms with van der Waals surface area (Å²) < 4.78 is 12.2. The molecule has 9 heteroatoms. The van der Waals surface area contributed by atoms with E-state index in [2.05, 4.69) is 0 Å². The zero-order chi connectivity index (χ0) is 28.9. The van der Waals surface area contributed by atoms with Gasteiger partial charge in [0, 0.05) is 42.4 Å². The van der Waals surface area contributed by atoms with E-state index in [4.69, 9.17) is 9.47 Å². The van der Waals surface area contributed by atoms with Gasteiger partial charge in [-0.3, -0.25) is 0 Å². The molecule has 0 bridgehead atoms. The number of carbonyl (C=O) groups excluding carboxylic acids is 1. The summed E-state index contributed by atoms with van der Waals surface area (Å²) >= 11 is 0. The van der Waals surface area contributed by atoms with Crippen LogP contribution in [0.1, 0.15) is 45.1 Å². The number of hydrazine groups is 1. The summed E-state index contributed by atoms with van der Waals surface area (Å²) in [6, 6.07) is 23.9. The molecule has 0 saturated carbocycles. The van der Waals surface area contributed by atoms with Crippen molar-refractivity contribution in [1.29, 1.82) is 0 Å². The molecule has 2 aliphatic heterocycles. The second-order valence-electron chi connectivity index (χ2n) is 10.4. The minimum Gasteiger partial charge on any atom is -0.508 e. The van der Waals surface area contributed by atoms with Gasteiger partial charge in [-0.2, -0.15) is 0 Å². The lowest BCUT2D eigenvalue weighted by Crippen LogP contribution is -2.49. The van der Waals surface area contributed by atoms with Crippen molar-refractivity contribution in [2.45, 2.75) is 31.5 Å². The number of fused-ring (bicyclic) bond motifs is 6. The fourth-order valence-electron chi connectivity index (χ4n) is 5.98. The minimum absolute atomic E-state index is 0.0270. The van der Waals surface area contributed by atoms with Gasteiger partial charge in [0.15, 0.2) is 5.60 Å². The topological polar surface area (TPSA) is 120 Å². The van der Waals surface area contributed by atoms with Gasteiger partial charge in [-0.05, 0) is 48.7 Å². The van der Waals surface area contributed by atoms with Gasteiger partial charge in [-0.1, -0.05) is 48.5 Å². The van der Waals surface area contributed by atoms with E-state index in [-0.39, 0.29) is 35.6 Å². The average molecular weight is 553 g/mol. The van der Waals surface area contributed by atoms with Crippen LogP contribution in [0.3, 0.4) is 0 Å². The Morgan fingerprint density at radius 2 is 1.51 bits per heavy atom. The summed E-state index contributed by atoms with van der Waals surface area (Å²) in [6.07, 6.45) is -0.586. The largest absolute Gasteiger partial charge is 0.508 e. The number of carbonyl (C=O) groups is 2. The van der Waals surface area contributed by atoms with Crippen LogP contribution in [0.4, 0.5) is 4.79 Å². The SMILES string of the molecule is CC(Cc1ccccc1)N(C(=O)O)N(C)Cc1cccc2c1C(=O)OC21c2ccc(O)cc2Oc2cc(O)ccc21. The van der Waals surface area contributed by atoms with Crippen LogP contribution < -0.4 is 4.74 Å². The van der Waals surface area contributed by atoms with Gasteiger partial charge in [0.05, 0.1) is 11.6 Å². The predicted molar refractivity (Wildman–Crippen MR) is 149 cm³/mol. The second-order valence-corrected chi connectivity index (χ2v) is 10.4. The van der Waals surface area contributed by atoms with Crippen LogP contribution in [0.5, 0.6) is 23.0 Å². The Hall–Kier alpha value is -5.02. The quantitative estimate of drug-likeness (QED) is 0.208. The van der Waals surface area contributed by atoms with Gasteiger partial charge in [0.1, 0.15) is 23.0 Å². The van der Waals surface area contributed by atoms with Crippen molar-refractivity contribution in [2.24, 2.45) is 0 Å². The van der Waals surface area contributed by atoms with Gasteiger partial charge >= 0.3 is 12.1 Å². The van der Waals surface area contributed by atoms with E-state index < -0.39 is 17.7 Å². The predicted octanol–water partition coefficient (Wildman–Crippen LogP) is 5.62. The van der Waals surface area contributed by atoms with E-state index in [0.717, 1.165) is 5.56 Å². The molecule has 3 N–H and O–H groups in total. The molecule has 41 heavy (non-hydrogen) atoms. The third-order valence-electron chi connectivity index (χ3n) is 7.64. The van der Waals surface area contributed by atoms with E-state index in [1.54, 1.807) is 42.4 Å². The smallest absolute Gasteiger partial charge is 0.422 e. The second kappa shape index (κ2) is 9.87. The highest BCUT2D eigenvalue weighted by Crippen LogP contribution is 2.57. The fraction of sp³-hybridized carbons (Fsp3) is 0.188. The van der Waals surface area contributed by atoms with Gasteiger partial charge < -0.3 is 24.8 Å². The summed E-state index contributed by atoms with van der Waals surface area (Å²) in [5, 5.41) is 33.3. The third-order valence-corrected chi connectivity index (χ3v) is 7.64. The number of esters is 1. The lowest BCUT2D eigenvalue weighted by molar-refractivity contribution is -0.0217. The van der Waals surface area contributed by atoms with Crippen molar-refractivity contribution < 1.29 is 34.4 Å². The summed E-state index contributed by atoms with van der Waals surface area (Å²) in [4.78, 5) is 26.0. The zero-order valence-corrected chi connectivity index (χ0v) is 22.4. The van der Waals surface area contributed by atoms with E-state index >= 15 is 0 Å². The molecular formula is C32H28N2O7. The molecule has 1 amide bonds. The van der Waals surface area contributed by atoms with Crippen molar-refractivity contribution in [3.63, 3.8) is 0 Å². The van der Waals surface area contributed by atoms with Crippen molar-refractivity contribution in [3.8, 4) is 23.0 Å². The third kappa shape index (κ3) is 4.31. The molecular weight excluding hydrogens is 524 g/mol. The standard InChI is InChI=1S/C32H28N2O7/c1-19(15-20-7-4-3-5-8-20)34(31(38)39)33(2)18-21-9-6-10-26-29(21)30(37)41-32(26)24-13-11-22(35)16-27(24)40-28-17-23(36)12-14-25(28)32/h3-14,16-17,19,35-36H,15,18H2,1-2H3,(H,38,39). The Morgan fingerprint density at radius 1 is 0.878 bits per heavy atom. The molecule has 1 unspecified atom stereocenters. The van der Waals surface area contributed by atoms with Crippen LogP contribution in [0.25, 0.3) is 0 Å². The Labute approximate surface area is 236 Å². The molecule has 4 aromatic carbocycles. The monoisotopic (exact) mass is 552 g/mol. The zero-order valence-electron chi connectivity index (χ0n) is 22.4. The number of phenols is 2. The number of rotatable bonds is 6. The Balaban J connectivity index is 1.41. The first-order chi connectivity index (χ1) is 19.7. The summed E-state index contributed by atoms with van der Waals surface area (Å²) in [5.74, 6) is -0.0408. The van der Waals surface area contributed by atoms with Crippen molar-refractivity contribution in [2.75, 3.05) is 7.05 Å². The van der Waals surface area contributed by atoms with E-state index in [0.29, 0.717) is 34.2 Å². The number of amides is 1. The highest BCUT2D eigenvalue weighted by Gasteiger charge is 2.54.